The normalized spacial score (nSPS) is 18.4. The monoisotopic (exact) mass is 524 g/mol. The summed E-state index contributed by atoms with van der Waals surface area (Å²) < 4.78 is 78.5. The lowest BCUT2D eigenvalue weighted by molar-refractivity contribution is 0.0539. The molecule has 1 saturated heterocycles. The van der Waals surface area contributed by atoms with Gasteiger partial charge in [-0.3, -0.25) is 14.6 Å². The van der Waals surface area contributed by atoms with Crippen molar-refractivity contribution >= 4 is 28.0 Å². The van der Waals surface area contributed by atoms with E-state index in [2.05, 4.69) is 25.4 Å². The molecule has 0 radical (unpaired) electrons. The summed E-state index contributed by atoms with van der Waals surface area (Å²) in [6.07, 6.45) is 3.84. The Hall–Kier alpha value is -4.19. The second-order valence-electron chi connectivity index (χ2n) is 9.09. The highest BCUT2D eigenvalue weighted by molar-refractivity contribution is 6.11. The molecule has 0 bridgehead atoms. The molecule has 5 aromatic heterocycles. The van der Waals surface area contributed by atoms with Crippen LogP contribution in [-0.4, -0.2) is 65.6 Å². The Bertz CT molecular complexity index is 1890. The maximum absolute atomic E-state index is 15.6. The fraction of sp³-hybridized carbons (Fsp3) is 0.385. The molecule has 0 N–H and O–H groups in total. The standard InChI is InChI=1S/C26H27FN8O3/c1-14-22(34(3)32-30-14)16-12-18-20(29-13-16)24-25(21(26(36)37-4)31-33(24)2)35(18)23(15-7-10-38-11-8-15)19-17(27)6-5-9-28-19/h5-6,9,12-13,15,23H,7-8,10-11H2,1-4H3/i1D3,2D3. The molecule has 0 saturated carbocycles. The van der Waals surface area contributed by atoms with Gasteiger partial charge in [-0.2, -0.15) is 5.10 Å². The van der Waals surface area contributed by atoms with E-state index in [-0.39, 0.29) is 50.8 Å². The maximum atomic E-state index is 15.6. The summed E-state index contributed by atoms with van der Waals surface area (Å²) in [5.74, 6) is -1.78. The van der Waals surface area contributed by atoms with Crippen LogP contribution in [0.3, 0.4) is 0 Å². The van der Waals surface area contributed by atoms with Crippen LogP contribution in [-0.2, 0) is 23.5 Å². The first-order valence-corrected chi connectivity index (χ1v) is 11.9. The Labute approximate surface area is 225 Å². The average molecular weight is 525 g/mol. The number of fused-ring (bicyclic) bond motifs is 3. The maximum Gasteiger partial charge on any atom is 0.360 e. The Morgan fingerprint density at radius 1 is 1.26 bits per heavy atom. The van der Waals surface area contributed by atoms with Crippen LogP contribution in [0.4, 0.5) is 4.39 Å². The number of pyridine rings is 2. The van der Waals surface area contributed by atoms with Gasteiger partial charge in [0.15, 0.2) is 5.69 Å². The second kappa shape index (κ2) is 9.28. The third-order valence-corrected chi connectivity index (χ3v) is 6.99. The number of carbonyl (C=O) groups excluding carboxylic acids is 1. The molecule has 1 aliphatic rings. The first kappa shape index (κ1) is 18.1. The number of methoxy groups -OCH3 is 1. The summed E-state index contributed by atoms with van der Waals surface area (Å²) in [5, 5.41) is 11.9. The van der Waals surface area contributed by atoms with Crippen molar-refractivity contribution in [2.75, 3.05) is 20.3 Å². The van der Waals surface area contributed by atoms with Gasteiger partial charge in [-0.25, -0.2) is 13.9 Å². The Morgan fingerprint density at radius 2 is 2.11 bits per heavy atom. The third kappa shape index (κ3) is 3.66. The number of nitrogens with zero attached hydrogens (tertiary/aromatic N) is 8. The zero-order valence-corrected chi connectivity index (χ0v) is 20.6. The Morgan fingerprint density at radius 3 is 2.84 bits per heavy atom. The van der Waals surface area contributed by atoms with E-state index in [9.17, 15) is 4.79 Å². The topological polar surface area (TPSA) is 115 Å². The number of halogens is 1. The first-order chi connectivity index (χ1) is 20.8. The van der Waals surface area contributed by atoms with Crippen molar-refractivity contribution in [3.63, 3.8) is 0 Å². The highest BCUT2D eigenvalue weighted by Crippen LogP contribution is 2.42. The summed E-state index contributed by atoms with van der Waals surface area (Å²) in [5.41, 5.74) is 0.450. The number of aryl methyl sites for hydroxylation is 3. The van der Waals surface area contributed by atoms with Gasteiger partial charge in [0.25, 0.3) is 0 Å². The lowest BCUT2D eigenvalue weighted by Gasteiger charge is -2.32. The average Bonchev–Trinajstić information content (AvgIpc) is 3.66. The van der Waals surface area contributed by atoms with Gasteiger partial charge in [-0.1, -0.05) is 5.21 Å². The fourth-order valence-corrected chi connectivity index (χ4v) is 5.33. The molecule has 196 valence electrons. The van der Waals surface area contributed by atoms with Gasteiger partial charge in [-0.15, -0.1) is 5.10 Å². The Kier molecular flexibility index (Phi) is 4.43. The fourth-order valence-electron chi connectivity index (χ4n) is 5.33. The van der Waals surface area contributed by atoms with Crippen molar-refractivity contribution in [3.8, 4) is 11.3 Å². The number of carbonyl (C=O) groups is 1. The van der Waals surface area contributed by atoms with Crippen molar-refractivity contribution in [1.82, 2.24) is 39.3 Å². The lowest BCUT2D eigenvalue weighted by Crippen LogP contribution is -2.28. The van der Waals surface area contributed by atoms with Crippen molar-refractivity contribution in [2.45, 2.75) is 25.7 Å². The molecule has 5 aromatic rings. The molecular weight excluding hydrogens is 491 g/mol. The number of esters is 1. The summed E-state index contributed by atoms with van der Waals surface area (Å²) in [6.45, 7) is -4.66. The molecular formula is C26H27FN8O3. The van der Waals surface area contributed by atoms with E-state index >= 15 is 4.39 Å². The van der Waals surface area contributed by atoms with E-state index in [1.165, 1.54) is 36.3 Å². The van der Waals surface area contributed by atoms with E-state index in [1.54, 1.807) is 10.6 Å². The van der Waals surface area contributed by atoms with Crippen LogP contribution in [0, 0.1) is 18.6 Å². The molecule has 11 nitrogen and oxygen atoms in total. The van der Waals surface area contributed by atoms with Gasteiger partial charge < -0.3 is 14.0 Å². The van der Waals surface area contributed by atoms with Crippen LogP contribution in [0.15, 0.2) is 30.6 Å². The molecule has 0 amide bonds. The van der Waals surface area contributed by atoms with E-state index in [1.807, 2.05) is 0 Å². The van der Waals surface area contributed by atoms with Crippen LogP contribution in [0.1, 0.15) is 49.0 Å². The van der Waals surface area contributed by atoms with Crippen molar-refractivity contribution in [1.29, 1.82) is 0 Å². The van der Waals surface area contributed by atoms with E-state index in [0.717, 1.165) is 11.8 Å². The molecule has 6 rings (SSSR count). The van der Waals surface area contributed by atoms with Crippen molar-refractivity contribution in [2.24, 2.45) is 19.9 Å². The highest BCUT2D eigenvalue weighted by atomic mass is 19.1. The minimum absolute atomic E-state index is 0.000440. The van der Waals surface area contributed by atoms with Crippen LogP contribution >= 0.6 is 0 Å². The van der Waals surface area contributed by atoms with Crippen LogP contribution in [0.25, 0.3) is 33.3 Å². The zero-order chi connectivity index (χ0) is 31.6. The molecule has 38 heavy (non-hydrogen) atoms. The molecule has 1 fully saturated rings. The van der Waals surface area contributed by atoms with E-state index in [4.69, 9.17) is 17.7 Å². The van der Waals surface area contributed by atoms with Gasteiger partial charge in [0.1, 0.15) is 22.4 Å². The van der Waals surface area contributed by atoms with Gasteiger partial charge in [-0.05, 0) is 43.8 Å². The zero-order valence-electron chi connectivity index (χ0n) is 26.6. The molecule has 12 heteroatoms. The minimum atomic E-state index is -2.84. The summed E-state index contributed by atoms with van der Waals surface area (Å²) in [6, 6.07) is 3.47. The summed E-state index contributed by atoms with van der Waals surface area (Å²) in [7, 11) is 2.68. The van der Waals surface area contributed by atoms with Crippen LogP contribution < -0.4 is 0 Å². The molecule has 0 aliphatic carbocycles. The van der Waals surface area contributed by atoms with Crippen molar-refractivity contribution in [3.05, 3.63) is 53.5 Å². The molecule has 1 aliphatic heterocycles. The summed E-state index contributed by atoms with van der Waals surface area (Å²) >= 11 is 0. The predicted octanol–water partition coefficient (Wildman–Crippen LogP) is 3.36. The second-order valence-corrected chi connectivity index (χ2v) is 9.09. The number of ether oxygens (including phenoxy) is 2. The van der Waals surface area contributed by atoms with Gasteiger partial charge in [0.2, 0.25) is 0 Å². The van der Waals surface area contributed by atoms with Crippen LogP contribution in [0.2, 0.25) is 0 Å². The van der Waals surface area contributed by atoms with E-state index in [0.29, 0.717) is 31.6 Å². The van der Waals surface area contributed by atoms with Crippen LogP contribution in [0.5, 0.6) is 0 Å². The molecule has 1 atom stereocenters. The lowest BCUT2D eigenvalue weighted by atomic mass is 9.88. The largest absolute Gasteiger partial charge is 0.464 e. The third-order valence-electron chi connectivity index (χ3n) is 6.99. The number of aromatic nitrogens is 8. The van der Waals surface area contributed by atoms with Crippen molar-refractivity contribution < 1.29 is 26.9 Å². The molecule has 1 unspecified atom stereocenters. The number of hydrogen-bond acceptors (Lipinski definition) is 8. The molecule has 0 aromatic carbocycles. The molecule has 6 heterocycles. The first-order valence-electron chi connectivity index (χ1n) is 14.9. The van der Waals surface area contributed by atoms with E-state index < -0.39 is 31.7 Å². The van der Waals surface area contributed by atoms with Gasteiger partial charge >= 0.3 is 5.97 Å². The van der Waals surface area contributed by atoms with Gasteiger partial charge in [0, 0.05) is 53.4 Å². The molecule has 0 spiro atoms. The summed E-state index contributed by atoms with van der Waals surface area (Å²) in [4.78, 5) is 22.1. The quantitative estimate of drug-likeness (QED) is 0.322. The minimum Gasteiger partial charge on any atom is -0.464 e. The Balaban J connectivity index is 1.78. The SMILES string of the molecule is [2H]C([2H])([2H])c1nnn(C)c1-c1cnc2c3c(c(C(=O)OC)nn3C([2H])([2H])[2H])n(C(c3ncccc3F)C3CCOCC3)c2c1. The number of rotatable bonds is 5. The highest BCUT2D eigenvalue weighted by Gasteiger charge is 2.36. The predicted molar refractivity (Wildman–Crippen MR) is 136 cm³/mol. The van der Waals surface area contributed by atoms with Gasteiger partial charge in [0.05, 0.1) is 35.8 Å². The number of hydrogen-bond donors (Lipinski definition) is 0. The smallest absolute Gasteiger partial charge is 0.360 e.